The molecule has 4 nitrogen and oxygen atoms in total. The molecule has 25 heavy (non-hydrogen) atoms. The molecule has 0 aliphatic carbocycles. The monoisotopic (exact) mass is 346 g/mol. The van der Waals surface area contributed by atoms with E-state index in [1.54, 1.807) is 0 Å². The molecule has 1 aliphatic heterocycles. The normalized spacial score (nSPS) is 18.1. The van der Waals surface area contributed by atoms with Gasteiger partial charge in [0.05, 0.1) is 5.41 Å². The highest BCUT2D eigenvalue weighted by atomic mass is 16.5. The van der Waals surface area contributed by atoms with Gasteiger partial charge >= 0.3 is 0 Å². The maximum absolute atomic E-state index is 13.2. The van der Waals surface area contributed by atoms with Crippen LogP contribution in [0.5, 0.6) is 0 Å². The van der Waals surface area contributed by atoms with Gasteiger partial charge in [-0.2, -0.15) is 0 Å². The van der Waals surface area contributed by atoms with Crippen molar-refractivity contribution in [2.24, 2.45) is 0 Å². The minimum absolute atomic E-state index is 0.164. The van der Waals surface area contributed by atoms with Gasteiger partial charge in [0, 0.05) is 19.3 Å². The first-order chi connectivity index (χ1) is 12.1. The number of nitrogens with one attached hydrogen (secondary N) is 1. The highest BCUT2D eigenvalue weighted by molar-refractivity contribution is 5.88. The number of hydrogen-bond acceptors (Lipinski definition) is 3. The molecular weight excluding hydrogens is 312 g/mol. The fourth-order valence-corrected chi connectivity index (χ4v) is 3.72. The molecule has 1 fully saturated rings. The number of ether oxygens (including phenoxy) is 1. The van der Waals surface area contributed by atoms with Crippen LogP contribution in [0.25, 0.3) is 0 Å². The molecule has 1 aliphatic rings. The van der Waals surface area contributed by atoms with Crippen LogP contribution in [0, 0.1) is 0 Å². The molecule has 1 unspecified atom stereocenters. The summed E-state index contributed by atoms with van der Waals surface area (Å²) in [5.74, 6) is 0.164. The highest BCUT2D eigenvalue weighted by Crippen LogP contribution is 2.35. The van der Waals surface area contributed by atoms with Crippen molar-refractivity contribution in [2.75, 3.05) is 32.8 Å². The molecule has 4 heteroatoms. The van der Waals surface area contributed by atoms with Crippen molar-refractivity contribution >= 4 is 5.91 Å². The van der Waals surface area contributed by atoms with Gasteiger partial charge in [0.15, 0.2) is 0 Å². The zero-order valence-corrected chi connectivity index (χ0v) is 16.1. The lowest BCUT2D eigenvalue weighted by molar-refractivity contribution is -0.131. The summed E-state index contributed by atoms with van der Waals surface area (Å²) in [5, 5.41) is 3.29. The van der Waals surface area contributed by atoms with E-state index in [0.29, 0.717) is 13.2 Å². The second-order valence-electron chi connectivity index (χ2n) is 7.10. The van der Waals surface area contributed by atoms with Gasteiger partial charge in [-0.1, -0.05) is 44.2 Å². The zero-order chi connectivity index (χ0) is 18.1. The highest BCUT2D eigenvalue weighted by Gasteiger charge is 2.41. The van der Waals surface area contributed by atoms with Crippen LogP contribution in [-0.4, -0.2) is 49.7 Å². The van der Waals surface area contributed by atoms with Gasteiger partial charge in [0.25, 0.3) is 0 Å². The van der Waals surface area contributed by atoms with Crippen LogP contribution < -0.4 is 5.32 Å². The Morgan fingerprint density at radius 2 is 1.84 bits per heavy atom. The van der Waals surface area contributed by atoms with Gasteiger partial charge in [-0.25, -0.2) is 0 Å². The fourth-order valence-electron chi connectivity index (χ4n) is 3.72. The van der Waals surface area contributed by atoms with Crippen molar-refractivity contribution in [3.63, 3.8) is 0 Å². The van der Waals surface area contributed by atoms with E-state index in [9.17, 15) is 4.79 Å². The lowest BCUT2D eigenvalue weighted by Gasteiger charge is -2.37. The molecule has 1 aromatic rings. The minimum Gasteiger partial charge on any atom is -0.381 e. The van der Waals surface area contributed by atoms with Crippen LogP contribution in [-0.2, 0) is 14.9 Å². The van der Waals surface area contributed by atoms with Crippen LogP contribution in [0.2, 0.25) is 0 Å². The second-order valence-corrected chi connectivity index (χ2v) is 7.10. The number of rotatable bonds is 9. The van der Waals surface area contributed by atoms with E-state index in [2.05, 4.69) is 43.1 Å². The van der Waals surface area contributed by atoms with Gasteiger partial charge in [0.1, 0.15) is 0 Å². The minimum atomic E-state index is -0.438. The maximum atomic E-state index is 13.2. The lowest BCUT2D eigenvalue weighted by Crippen LogP contribution is -2.50. The fraction of sp³-hybridized carbons (Fsp3) is 0.667. The van der Waals surface area contributed by atoms with Gasteiger partial charge in [-0.05, 0) is 57.8 Å². The SMILES string of the molecule is CCN(CC)CCCC(C)NC(=O)C1(c2ccccc2)CCOCC1. The van der Waals surface area contributed by atoms with E-state index >= 15 is 0 Å². The molecule has 1 atom stereocenters. The average Bonchev–Trinajstić information content (AvgIpc) is 2.66. The summed E-state index contributed by atoms with van der Waals surface area (Å²) >= 11 is 0. The first kappa shape index (κ1) is 19.9. The Hall–Kier alpha value is -1.39. The van der Waals surface area contributed by atoms with E-state index in [1.165, 1.54) is 0 Å². The van der Waals surface area contributed by atoms with Crippen molar-refractivity contribution in [3.8, 4) is 0 Å². The van der Waals surface area contributed by atoms with E-state index in [4.69, 9.17) is 4.74 Å². The number of nitrogens with zero attached hydrogens (tertiary/aromatic N) is 1. The standard InChI is InChI=1S/C21H34N2O2/c1-4-23(5-2)15-9-10-18(3)22-20(24)21(13-16-25-17-14-21)19-11-7-6-8-12-19/h6-8,11-12,18H,4-5,9-10,13-17H2,1-3H3,(H,22,24). The first-order valence-corrected chi connectivity index (χ1v) is 9.79. The summed E-state index contributed by atoms with van der Waals surface area (Å²) in [5.41, 5.74) is 0.679. The van der Waals surface area contributed by atoms with Crippen LogP contribution in [0.15, 0.2) is 30.3 Å². The Bertz CT molecular complexity index is 508. The maximum Gasteiger partial charge on any atom is 0.231 e. The smallest absolute Gasteiger partial charge is 0.231 e. The molecule has 1 N–H and O–H groups in total. The summed E-state index contributed by atoms with van der Waals surface area (Å²) in [6, 6.07) is 10.4. The summed E-state index contributed by atoms with van der Waals surface area (Å²) in [6.45, 7) is 11.1. The molecule has 0 spiro atoms. The summed E-state index contributed by atoms with van der Waals surface area (Å²) in [4.78, 5) is 15.6. The molecule has 140 valence electrons. The third-order valence-corrected chi connectivity index (χ3v) is 5.49. The first-order valence-electron chi connectivity index (χ1n) is 9.79. The molecule has 1 heterocycles. The van der Waals surface area contributed by atoms with Crippen molar-refractivity contribution in [1.29, 1.82) is 0 Å². The van der Waals surface area contributed by atoms with Crippen molar-refractivity contribution < 1.29 is 9.53 Å². The number of benzene rings is 1. The Morgan fingerprint density at radius 1 is 1.20 bits per heavy atom. The number of amides is 1. The predicted octanol–water partition coefficient (Wildman–Crippen LogP) is 3.36. The number of hydrogen-bond donors (Lipinski definition) is 1. The summed E-state index contributed by atoms with van der Waals surface area (Å²) in [6.07, 6.45) is 3.65. The van der Waals surface area contributed by atoms with Crippen molar-refractivity contribution in [3.05, 3.63) is 35.9 Å². The summed E-state index contributed by atoms with van der Waals surface area (Å²) < 4.78 is 5.53. The van der Waals surface area contributed by atoms with Gasteiger partial charge in [-0.15, -0.1) is 0 Å². The predicted molar refractivity (Wildman–Crippen MR) is 103 cm³/mol. The van der Waals surface area contributed by atoms with Gasteiger partial charge in [-0.3, -0.25) is 4.79 Å². The number of carbonyl (C=O) groups excluding carboxylic acids is 1. The third kappa shape index (κ3) is 5.29. The Labute approximate surface area is 152 Å². The lowest BCUT2D eigenvalue weighted by atomic mass is 9.73. The van der Waals surface area contributed by atoms with E-state index in [-0.39, 0.29) is 11.9 Å². The van der Waals surface area contributed by atoms with Gasteiger partial charge in [0.2, 0.25) is 5.91 Å². The largest absolute Gasteiger partial charge is 0.381 e. The average molecular weight is 347 g/mol. The zero-order valence-electron chi connectivity index (χ0n) is 16.1. The molecule has 2 rings (SSSR count). The topological polar surface area (TPSA) is 41.6 Å². The van der Waals surface area contributed by atoms with Crippen molar-refractivity contribution in [1.82, 2.24) is 10.2 Å². The van der Waals surface area contributed by atoms with Crippen molar-refractivity contribution in [2.45, 2.75) is 57.9 Å². The molecule has 0 saturated carbocycles. The molecule has 1 amide bonds. The Morgan fingerprint density at radius 3 is 2.44 bits per heavy atom. The third-order valence-electron chi connectivity index (χ3n) is 5.49. The Kier molecular flexibility index (Phi) is 7.91. The van der Waals surface area contributed by atoms with E-state index < -0.39 is 5.41 Å². The molecule has 0 aromatic heterocycles. The molecule has 1 aromatic carbocycles. The molecule has 0 bridgehead atoms. The summed E-state index contributed by atoms with van der Waals surface area (Å²) in [7, 11) is 0. The molecular formula is C21H34N2O2. The van der Waals surface area contributed by atoms with Crippen LogP contribution in [0.4, 0.5) is 0 Å². The van der Waals surface area contributed by atoms with E-state index in [0.717, 1.165) is 50.9 Å². The molecule has 1 saturated heterocycles. The molecule has 0 radical (unpaired) electrons. The second kappa shape index (κ2) is 9.93. The van der Waals surface area contributed by atoms with Gasteiger partial charge < -0.3 is 15.0 Å². The van der Waals surface area contributed by atoms with Crippen LogP contribution in [0.3, 0.4) is 0 Å². The van der Waals surface area contributed by atoms with E-state index in [1.807, 2.05) is 18.2 Å². The van der Waals surface area contributed by atoms with Crippen LogP contribution in [0.1, 0.15) is 52.0 Å². The quantitative estimate of drug-likeness (QED) is 0.745. The number of carbonyl (C=O) groups is 1. The Balaban J connectivity index is 1.96. The van der Waals surface area contributed by atoms with Crippen LogP contribution >= 0.6 is 0 Å².